The molecular weight excluding hydrogens is 348 g/mol. The van der Waals surface area contributed by atoms with E-state index < -0.39 is 0 Å². The summed E-state index contributed by atoms with van der Waals surface area (Å²) in [4.78, 5) is 18.5. The summed E-state index contributed by atoms with van der Waals surface area (Å²) < 4.78 is 6.05. The van der Waals surface area contributed by atoms with Gasteiger partial charge >= 0.3 is 0 Å². The highest BCUT2D eigenvalue weighted by molar-refractivity contribution is 6.30. The Kier molecular flexibility index (Phi) is 4.76. The minimum absolute atomic E-state index is 0.160. The second-order valence-corrected chi connectivity index (χ2v) is 6.91. The third-order valence-corrected chi connectivity index (χ3v) is 4.97. The zero-order chi connectivity index (χ0) is 17.9. The maximum Gasteiger partial charge on any atom is 0.153 e. The molecule has 0 N–H and O–H groups in total. The number of aldehydes is 1. The van der Waals surface area contributed by atoms with Crippen molar-refractivity contribution in [2.75, 3.05) is 18.0 Å². The van der Waals surface area contributed by atoms with Crippen LogP contribution in [-0.2, 0) is 0 Å². The first-order chi connectivity index (χ1) is 12.7. The summed E-state index contributed by atoms with van der Waals surface area (Å²) in [6.07, 6.45) is 2.82. The van der Waals surface area contributed by atoms with E-state index in [1.54, 1.807) is 0 Å². The molecule has 2 heterocycles. The molecule has 132 valence electrons. The molecule has 0 aliphatic carbocycles. The van der Waals surface area contributed by atoms with Gasteiger partial charge < -0.3 is 9.64 Å². The minimum atomic E-state index is 0.160. The number of anilines is 1. The van der Waals surface area contributed by atoms with Gasteiger partial charge in [0.05, 0.1) is 11.1 Å². The summed E-state index contributed by atoms with van der Waals surface area (Å²) in [5.41, 5.74) is 1.55. The monoisotopic (exact) mass is 366 g/mol. The van der Waals surface area contributed by atoms with Crippen LogP contribution in [0.5, 0.6) is 5.75 Å². The van der Waals surface area contributed by atoms with Crippen molar-refractivity contribution in [1.29, 1.82) is 0 Å². The summed E-state index contributed by atoms with van der Waals surface area (Å²) in [7, 11) is 0. The van der Waals surface area contributed by atoms with Crippen LogP contribution in [0.3, 0.4) is 0 Å². The Morgan fingerprint density at radius 3 is 2.54 bits per heavy atom. The highest BCUT2D eigenvalue weighted by Gasteiger charge is 2.23. The molecule has 1 fully saturated rings. The Hall–Kier alpha value is -2.59. The molecule has 1 aromatic heterocycles. The highest BCUT2D eigenvalue weighted by Crippen LogP contribution is 2.27. The van der Waals surface area contributed by atoms with Crippen molar-refractivity contribution in [2.24, 2.45) is 0 Å². The third kappa shape index (κ3) is 3.51. The quantitative estimate of drug-likeness (QED) is 0.625. The molecule has 3 aromatic rings. The number of benzene rings is 2. The summed E-state index contributed by atoms with van der Waals surface area (Å²) in [6.45, 7) is 1.62. The Labute approximate surface area is 157 Å². The van der Waals surface area contributed by atoms with E-state index in [-0.39, 0.29) is 6.10 Å². The lowest BCUT2D eigenvalue weighted by molar-refractivity contribution is 0.112. The number of fused-ring (bicyclic) bond motifs is 1. The maximum absolute atomic E-state index is 11.5. The molecule has 0 amide bonds. The van der Waals surface area contributed by atoms with Gasteiger partial charge in [0, 0.05) is 36.3 Å². The molecule has 0 bridgehead atoms. The van der Waals surface area contributed by atoms with E-state index >= 15 is 0 Å². The second kappa shape index (κ2) is 7.34. The molecular formula is C21H19ClN2O2. The van der Waals surface area contributed by atoms with Crippen molar-refractivity contribution in [3.8, 4) is 5.75 Å². The Bertz CT molecular complexity index is 919. The van der Waals surface area contributed by atoms with Gasteiger partial charge in [-0.15, -0.1) is 0 Å². The van der Waals surface area contributed by atoms with E-state index in [2.05, 4.69) is 4.90 Å². The molecule has 0 atom stereocenters. The van der Waals surface area contributed by atoms with E-state index in [0.29, 0.717) is 10.6 Å². The van der Waals surface area contributed by atoms with Crippen molar-refractivity contribution in [1.82, 2.24) is 4.98 Å². The van der Waals surface area contributed by atoms with Gasteiger partial charge in [0.25, 0.3) is 0 Å². The van der Waals surface area contributed by atoms with Crippen LogP contribution >= 0.6 is 11.6 Å². The number of hydrogen-bond donors (Lipinski definition) is 0. The van der Waals surface area contributed by atoms with E-state index in [0.717, 1.165) is 54.7 Å². The van der Waals surface area contributed by atoms with Gasteiger partial charge in [0.15, 0.2) is 6.29 Å². The van der Waals surface area contributed by atoms with Crippen molar-refractivity contribution < 1.29 is 9.53 Å². The van der Waals surface area contributed by atoms with E-state index in [9.17, 15) is 4.79 Å². The molecule has 1 aliphatic heterocycles. The summed E-state index contributed by atoms with van der Waals surface area (Å²) >= 11 is 5.91. The van der Waals surface area contributed by atoms with Crippen molar-refractivity contribution >= 4 is 34.6 Å². The fraction of sp³-hybridized carbons (Fsp3) is 0.238. The Balaban J connectivity index is 1.48. The molecule has 1 aliphatic rings. The maximum atomic E-state index is 11.5. The number of nitrogens with zero attached hydrogens (tertiary/aromatic N) is 2. The average molecular weight is 367 g/mol. The SMILES string of the molecule is O=Cc1cc2ccccc2nc1N1CCC(Oc2ccc(Cl)cc2)CC1. The first kappa shape index (κ1) is 16.9. The van der Waals surface area contributed by atoms with Gasteiger partial charge in [0.2, 0.25) is 0 Å². The zero-order valence-electron chi connectivity index (χ0n) is 14.3. The number of ether oxygens (including phenoxy) is 1. The van der Waals surface area contributed by atoms with Crippen molar-refractivity contribution in [3.05, 3.63) is 65.2 Å². The fourth-order valence-corrected chi connectivity index (χ4v) is 3.48. The number of para-hydroxylation sites is 1. The molecule has 2 aromatic carbocycles. The smallest absolute Gasteiger partial charge is 0.153 e. The average Bonchev–Trinajstić information content (AvgIpc) is 2.69. The zero-order valence-corrected chi connectivity index (χ0v) is 15.0. The summed E-state index contributed by atoms with van der Waals surface area (Å²) in [6, 6.07) is 17.2. The van der Waals surface area contributed by atoms with Crippen LogP contribution in [0.2, 0.25) is 5.02 Å². The standard InChI is InChI=1S/C21H19ClN2O2/c22-17-5-7-18(8-6-17)26-19-9-11-24(12-10-19)21-16(14-25)13-15-3-1-2-4-20(15)23-21/h1-8,13-14,19H,9-12H2. The third-order valence-electron chi connectivity index (χ3n) is 4.72. The fourth-order valence-electron chi connectivity index (χ4n) is 3.35. The molecule has 1 saturated heterocycles. The number of hydrogen-bond acceptors (Lipinski definition) is 4. The first-order valence-corrected chi connectivity index (χ1v) is 9.13. The number of rotatable bonds is 4. The Morgan fingerprint density at radius 1 is 1.08 bits per heavy atom. The van der Waals surface area contributed by atoms with E-state index in [1.165, 1.54) is 0 Å². The van der Waals surface area contributed by atoms with Gasteiger partial charge in [0.1, 0.15) is 17.7 Å². The molecule has 0 unspecified atom stereocenters. The largest absolute Gasteiger partial charge is 0.490 e. The van der Waals surface area contributed by atoms with Crippen LogP contribution in [0.15, 0.2) is 54.6 Å². The van der Waals surface area contributed by atoms with Gasteiger partial charge in [-0.25, -0.2) is 4.98 Å². The first-order valence-electron chi connectivity index (χ1n) is 8.75. The van der Waals surface area contributed by atoms with Crippen molar-refractivity contribution in [3.63, 3.8) is 0 Å². The van der Waals surface area contributed by atoms with E-state index in [1.807, 2.05) is 54.6 Å². The number of piperidine rings is 1. The predicted octanol–water partition coefficient (Wildman–Crippen LogP) is 4.75. The van der Waals surface area contributed by atoms with Crippen LogP contribution in [-0.4, -0.2) is 30.5 Å². The van der Waals surface area contributed by atoms with Crippen LogP contribution in [0.4, 0.5) is 5.82 Å². The summed E-state index contributed by atoms with van der Waals surface area (Å²) in [5, 5.41) is 1.69. The molecule has 26 heavy (non-hydrogen) atoms. The van der Waals surface area contributed by atoms with Gasteiger partial charge in [-0.2, -0.15) is 0 Å². The lowest BCUT2D eigenvalue weighted by Crippen LogP contribution is -2.39. The van der Waals surface area contributed by atoms with E-state index in [4.69, 9.17) is 21.3 Å². The van der Waals surface area contributed by atoms with Crippen LogP contribution in [0.1, 0.15) is 23.2 Å². The predicted molar refractivity (Wildman–Crippen MR) is 104 cm³/mol. The minimum Gasteiger partial charge on any atom is -0.490 e. The van der Waals surface area contributed by atoms with Gasteiger partial charge in [-0.3, -0.25) is 4.79 Å². The number of carbonyl (C=O) groups excluding carboxylic acids is 1. The number of pyridine rings is 1. The van der Waals surface area contributed by atoms with Gasteiger partial charge in [-0.1, -0.05) is 29.8 Å². The molecule has 4 rings (SSSR count). The van der Waals surface area contributed by atoms with Gasteiger partial charge in [-0.05, 0) is 36.4 Å². The number of halogens is 1. The normalized spacial score (nSPS) is 15.2. The molecule has 0 saturated carbocycles. The lowest BCUT2D eigenvalue weighted by Gasteiger charge is -2.33. The highest BCUT2D eigenvalue weighted by atomic mass is 35.5. The van der Waals surface area contributed by atoms with Crippen molar-refractivity contribution in [2.45, 2.75) is 18.9 Å². The van der Waals surface area contributed by atoms with Crippen LogP contribution < -0.4 is 9.64 Å². The molecule has 0 radical (unpaired) electrons. The molecule has 0 spiro atoms. The molecule has 4 nitrogen and oxygen atoms in total. The second-order valence-electron chi connectivity index (χ2n) is 6.47. The number of carbonyl (C=O) groups is 1. The number of aromatic nitrogens is 1. The Morgan fingerprint density at radius 2 is 1.81 bits per heavy atom. The topological polar surface area (TPSA) is 42.4 Å². The molecule has 5 heteroatoms. The lowest BCUT2D eigenvalue weighted by atomic mass is 10.1. The van der Waals surface area contributed by atoms with Crippen LogP contribution in [0.25, 0.3) is 10.9 Å². The van der Waals surface area contributed by atoms with Crippen LogP contribution in [0, 0.1) is 0 Å². The summed E-state index contributed by atoms with van der Waals surface area (Å²) in [5.74, 6) is 1.61.